The summed E-state index contributed by atoms with van der Waals surface area (Å²) in [6.07, 6.45) is 0. The summed E-state index contributed by atoms with van der Waals surface area (Å²) in [5, 5.41) is 9.15. The highest BCUT2D eigenvalue weighted by atomic mass is 32.2. The summed E-state index contributed by atoms with van der Waals surface area (Å²) in [6, 6.07) is 8.80. The van der Waals surface area contributed by atoms with Crippen molar-refractivity contribution >= 4 is 23.8 Å². The van der Waals surface area contributed by atoms with Crippen LogP contribution in [-0.4, -0.2) is 51.1 Å². The number of carbonyl (C=O) groups excluding carboxylic acids is 1. The highest BCUT2D eigenvalue weighted by Gasteiger charge is 2.36. The predicted octanol–water partition coefficient (Wildman–Crippen LogP) is 2.09. The molecule has 0 aromatic heterocycles. The molecule has 1 aromatic carbocycles. The summed E-state index contributed by atoms with van der Waals surface area (Å²) in [5.74, 6) is -0.0236. The van der Waals surface area contributed by atoms with E-state index < -0.39 is 12.0 Å². The van der Waals surface area contributed by atoms with E-state index in [1.165, 1.54) is 16.7 Å². The van der Waals surface area contributed by atoms with Gasteiger partial charge in [-0.2, -0.15) is 0 Å². The van der Waals surface area contributed by atoms with E-state index >= 15 is 0 Å². The molecule has 0 radical (unpaired) electrons. The first-order valence-electron chi connectivity index (χ1n) is 6.53. The summed E-state index contributed by atoms with van der Waals surface area (Å²) in [6.45, 7) is 2.96. The number of benzene rings is 1. The van der Waals surface area contributed by atoms with E-state index in [1.54, 1.807) is 4.90 Å². The number of amides is 2. The molecule has 0 saturated carbocycles. The minimum atomic E-state index is -0.931. The van der Waals surface area contributed by atoms with Crippen LogP contribution in [0.4, 0.5) is 4.79 Å². The third-order valence-corrected chi connectivity index (χ3v) is 4.29. The molecule has 1 saturated heterocycles. The predicted molar refractivity (Wildman–Crippen MR) is 78.5 cm³/mol. The number of carbonyl (C=O) groups is 2. The topological polar surface area (TPSA) is 60.9 Å². The van der Waals surface area contributed by atoms with Gasteiger partial charge in [0.1, 0.15) is 6.04 Å². The van der Waals surface area contributed by atoms with Crippen LogP contribution in [-0.2, 0) is 11.3 Å². The van der Waals surface area contributed by atoms with Crippen molar-refractivity contribution in [2.75, 3.05) is 18.2 Å². The molecule has 6 heteroatoms. The molecule has 2 amide bonds. The number of hydrogen-bond donors (Lipinski definition) is 1. The van der Waals surface area contributed by atoms with Crippen LogP contribution in [0.3, 0.4) is 0 Å². The fraction of sp³-hybridized carbons (Fsp3) is 0.429. The van der Waals surface area contributed by atoms with Crippen LogP contribution in [0.1, 0.15) is 12.5 Å². The van der Waals surface area contributed by atoms with E-state index in [2.05, 4.69) is 0 Å². The Morgan fingerprint density at radius 1 is 1.40 bits per heavy atom. The van der Waals surface area contributed by atoms with Crippen LogP contribution in [0.5, 0.6) is 0 Å². The molecule has 5 nitrogen and oxygen atoms in total. The van der Waals surface area contributed by atoms with E-state index in [4.69, 9.17) is 5.11 Å². The molecule has 20 heavy (non-hydrogen) atoms. The number of urea groups is 1. The Morgan fingerprint density at radius 3 is 2.70 bits per heavy atom. The number of nitrogens with zero attached hydrogens (tertiary/aromatic N) is 2. The molecule has 1 aliphatic rings. The van der Waals surface area contributed by atoms with Crippen molar-refractivity contribution in [1.82, 2.24) is 9.80 Å². The summed E-state index contributed by atoms with van der Waals surface area (Å²) in [7, 11) is 0. The van der Waals surface area contributed by atoms with E-state index in [0.29, 0.717) is 24.7 Å². The first-order chi connectivity index (χ1) is 9.63. The van der Waals surface area contributed by atoms with Gasteiger partial charge in [-0.3, -0.25) is 0 Å². The lowest BCUT2D eigenvalue weighted by Crippen LogP contribution is -2.48. The molecule has 1 atom stereocenters. The number of carboxylic acids is 1. The molecule has 0 bridgehead atoms. The van der Waals surface area contributed by atoms with Crippen LogP contribution >= 0.6 is 11.8 Å². The number of rotatable bonds is 4. The van der Waals surface area contributed by atoms with E-state index in [9.17, 15) is 9.59 Å². The molecule has 1 aromatic rings. The SMILES string of the molecule is CCN(Cc1ccccc1)C(=O)N1CSCC1C(=O)O. The zero-order valence-electron chi connectivity index (χ0n) is 11.4. The van der Waals surface area contributed by atoms with Crippen molar-refractivity contribution in [2.45, 2.75) is 19.5 Å². The lowest BCUT2D eigenvalue weighted by molar-refractivity contribution is -0.140. The van der Waals surface area contributed by atoms with Gasteiger partial charge in [-0.05, 0) is 12.5 Å². The Morgan fingerprint density at radius 2 is 2.10 bits per heavy atom. The summed E-state index contributed by atoms with van der Waals surface area (Å²) in [4.78, 5) is 26.8. The van der Waals surface area contributed by atoms with Gasteiger partial charge in [0.25, 0.3) is 0 Å². The van der Waals surface area contributed by atoms with Crippen molar-refractivity contribution in [3.8, 4) is 0 Å². The van der Waals surface area contributed by atoms with Gasteiger partial charge in [0.2, 0.25) is 0 Å². The monoisotopic (exact) mass is 294 g/mol. The zero-order valence-corrected chi connectivity index (χ0v) is 12.2. The Balaban J connectivity index is 2.07. The summed E-state index contributed by atoms with van der Waals surface area (Å²) in [5.41, 5.74) is 1.04. The fourth-order valence-corrected chi connectivity index (χ4v) is 3.27. The minimum absolute atomic E-state index is 0.200. The average molecular weight is 294 g/mol. The molecule has 1 aliphatic heterocycles. The Labute approximate surface area is 122 Å². The third kappa shape index (κ3) is 3.25. The number of carboxylic acid groups (broad SMARTS) is 1. The van der Waals surface area contributed by atoms with Gasteiger partial charge < -0.3 is 14.9 Å². The lowest BCUT2D eigenvalue weighted by atomic mass is 10.2. The van der Waals surface area contributed by atoms with Crippen molar-refractivity contribution in [3.63, 3.8) is 0 Å². The van der Waals surface area contributed by atoms with Gasteiger partial charge in [0.05, 0.1) is 5.88 Å². The maximum atomic E-state index is 12.5. The second kappa shape index (κ2) is 6.65. The Bertz CT molecular complexity index is 481. The molecule has 2 rings (SSSR count). The Hall–Kier alpha value is -1.69. The van der Waals surface area contributed by atoms with Gasteiger partial charge in [-0.1, -0.05) is 30.3 Å². The highest BCUT2D eigenvalue weighted by Crippen LogP contribution is 2.23. The van der Waals surface area contributed by atoms with Crippen LogP contribution in [0.15, 0.2) is 30.3 Å². The van der Waals surface area contributed by atoms with E-state index in [-0.39, 0.29) is 6.03 Å². The maximum Gasteiger partial charge on any atom is 0.327 e. The van der Waals surface area contributed by atoms with Gasteiger partial charge in [0.15, 0.2) is 0 Å². The second-order valence-corrected chi connectivity index (χ2v) is 5.61. The number of hydrogen-bond acceptors (Lipinski definition) is 3. The smallest absolute Gasteiger partial charge is 0.327 e. The fourth-order valence-electron chi connectivity index (χ4n) is 2.14. The van der Waals surface area contributed by atoms with Crippen LogP contribution in [0.2, 0.25) is 0 Å². The molecule has 0 aliphatic carbocycles. The third-order valence-electron chi connectivity index (χ3n) is 3.28. The normalized spacial score (nSPS) is 18.1. The molecule has 1 fully saturated rings. The van der Waals surface area contributed by atoms with E-state index in [0.717, 1.165) is 5.56 Å². The lowest BCUT2D eigenvalue weighted by Gasteiger charge is -2.29. The molecular formula is C14H18N2O3S. The highest BCUT2D eigenvalue weighted by molar-refractivity contribution is 7.99. The molecule has 1 unspecified atom stereocenters. The molecule has 1 N–H and O–H groups in total. The van der Waals surface area contributed by atoms with Crippen molar-refractivity contribution < 1.29 is 14.7 Å². The minimum Gasteiger partial charge on any atom is -0.480 e. The van der Waals surface area contributed by atoms with E-state index in [1.807, 2.05) is 37.3 Å². The van der Waals surface area contributed by atoms with Crippen LogP contribution in [0, 0.1) is 0 Å². The molecular weight excluding hydrogens is 276 g/mol. The van der Waals surface area contributed by atoms with Crippen LogP contribution in [0.25, 0.3) is 0 Å². The average Bonchev–Trinajstić information content (AvgIpc) is 2.94. The quantitative estimate of drug-likeness (QED) is 0.923. The molecule has 0 spiro atoms. The van der Waals surface area contributed by atoms with Gasteiger partial charge in [-0.15, -0.1) is 11.8 Å². The van der Waals surface area contributed by atoms with Crippen molar-refractivity contribution in [3.05, 3.63) is 35.9 Å². The summed E-state index contributed by atoms with van der Waals surface area (Å²) >= 11 is 1.48. The largest absolute Gasteiger partial charge is 0.480 e. The van der Waals surface area contributed by atoms with Gasteiger partial charge in [0, 0.05) is 18.8 Å². The first kappa shape index (κ1) is 14.7. The maximum absolute atomic E-state index is 12.5. The van der Waals surface area contributed by atoms with Gasteiger partial charge in [-0.25, -0.2) is 9.59 Å². The number of thioether (sulfide) groups is 1. The van der Waals surface area contributed by atoms with Crippen LogP contribution < -0.4 is 0 Å². The molecule has 1 heterocycles. The summed E-state index contributed by atoms with van der Waals surface area (Å²) < 4.78 is 0. The van der Waals surface area contributed by atoms with Crippen molar-refractivity contribution in [1.29, 1.82) is 0 Å². The second-order valence-electron chi connectivity index (χ2n) is 4.61. The van der Waals surface area contributed by atoms with Crippen molar-refractivity contribution in [2.24, 2.45) is 0 Å². The number of aliphatic carboxylic acids is 1. The molecule has 108 valence electrons. The Kier molecular flexibility index (Phi) is 4.89. The van der Waals surface area contributed by atoms with Gasteiger partial charge >= 0.3 is 12.0 Å². The standard InChI is InChI=1S/C14H18N2O3S/c1-2-15(8-11-6-4-3-5-7-11)14(19)16-10-20-9-12(16)13(17)18/h3-7,12H,2,8-10H2,1H3,(H,17,18). The zero-order chi connectivity index (χ0) is 14.5. The first-order valence-corrected chi connectivity index (χ1v) is 7.69.